The summed E-state index contributed by atoms with van der Waals surface area (Å²) in [5.41, 5.74) is 1.99. The Kier molecular flexibility index (Phi) is 6.64. The molecule has 0 saturated carbocycles. The molecule has 1 N–H and O–H groups in total. The number of halogens is 1. The van der Waals surface area contributed by atoms with E-state index in [9.17, 15) is 4.79 Å². The van der Waals surface area contributed by atoms with Crippen molar-refractivity contribution in [1.82, 2.24) is 10.3 Å². The van der Waals surface area contributed by atoms with Gasteiger partial charge in [-0.3, -0.25) is 4.98 Å². The molecule has 2 rings (SSSR count). The Hall–Kier alpha value is -2.14. The maximum absolute atomic E-state index is 11.5. The lowest BCUT2D eigenvalue weighted by Gasteiger charge is -2.05. The summed E-state index contributed by atoms with van der Waals surface area (Å²) >= 11 is 3.37. The molecular formula is C17H17BrN2O2. The summed E-state index contributed by atoms with van der Waals surface area (Å²) in [4.78, 5) is 15.6. The van der Waals surface area contributed by atoms with E-state index < -0.39 is 6.09 Å². The van der Waals surface area contributed by atoms with E-state index >= 15 is 0 Å². The van der Waals surface area contributed by atoms with Gasteiger partial charge in [-0.2, -0.15) is 0 Å². The number of alkyl carbamates (subject to hydrolysis) is 1. The molecule has 1 amide bonds. The Morgan fingerprint density at radius 3 is 2.86 bits per heavy atom. The first-order chi connectivity index (χ1) is 10.7. The van der Waals surface area contributed by atoms with Gasteiger partial charge < -0.3 is 10.1 Å². The topological polar surface area (TPSA) is 51.2 Å². The molecule has 4 nitrogen and oxygen atoms in total. The molecule has 0 bridgehead atoms. The van der Waals surface area contributed by atoms with Crippen molar-refractivity contribution in [2.75, 3.05) is 6.54 Å². The molecule has 0 aliphatic heterocycles. The highest BCUT2D eigenvalue weighted by atomic mass is 79.9. The van der Waals surface area contributed by atoms with Crippen LogP contribution in [0, 0.1) is 0 Å². The third kappa shape index (κ3) is 6.10. The Balaban J connectivity index is 1.63. The van der Waals surface area contributed by atoms with Crippen molar-refractivity contribution in [2.45, 2.75) is 13.0 Å². The Bertz CT molecular complexity index is 630. The lowest BCUT2D eigenvalue weighted by molar-refractivity contribution is 0.140. The fourth-order valence-electron chi connectivity index (χ4n) is 1.77. The molecule has 0 atom stereocenters. The number of amides is 1. The Morgan fingerprint density at radius 1 is 1.27 bits per heavy atom. The number of rotatable bonds is 6. The average Bonchev–Trinajstić information content (AvgIpc) is 2.54. The van der Waals surface area contributed by atoms with Crippen LogP contribution in [-0.4, -0.2) is 17.6 Å². The molecule has 0 spiro atoms. The molecule has 0 fully saturated rings. The van der Waals surface area contributed by atoms with Crippen molar-refractivity contribution in [2.24, 2.45) is 0 Å². The van der Waals surface area contributed by atoms with Crippen LogP contribution in [0.4, 0.5) is 4.79 Å². The number of carbonyl (C=O) groups is 1. The first-order valence-electron chi connectivity index (χ1n) is 6.96. The zero-order valence-electron chi connectivity index (χ0n) is 12.0. The summed E-state index contributed by atoms with van der Waals surface area (Å²) in [6.45, 7) is 0.817. The largest absolute Gasteiger partial charge is 0.445 e. The van der Waals surface area contributed by atoms with Crippen LogP contribution in [0.25, 0.3) is 6.08 Å². The van der Waals surface area contributed by atoms with Gasteiger partial charge in [0.25, 0.3) is 0 Å². The van der Waals surface area contributed by atoms with Crippen LogP contribution >= 0.6 is 15.9 Å². The van der Waals surface area contributed by atoms with E-state index in [4.69, 9.17) is 4.74 Å². The number of hydrogen-bond acceptors (Lipinski definition) is 3. The molecule has 0 radical (unpaired) electrons. The first kappa shape index (κ1) is 16.2. The van der Waals surface area contributed by atoms with E-state index in [1.165, 1.54) is 0 Å². The van der Waals surface area contributed by atoms with Gasteiger partial charge in [0, 0.05) is 23.4 Å². The highest BCUT2D eigenvalue weighted by Crippen LogP contribution is 2.10. The fourth-order valence-corrected chi connectivity index (χ4v) is 2.15. The quantitative estimate of drug-likeness (QED) is 0.786. The molecule has 114 valence electrons. The molecule has 2 aromatic rings. The minimum absolute atomic E-state index is 0.284. The summed E-state index contributed by atoms with van der Waals surface area (Å²) in [7, 11) is 0. The van der Waals surface area contributed by atoms with Gasteiger partial charge in [0.05, 0.1) is 0 Å². The van der Waals surface area contributed by atoms with Gasteiger partial charge in [0.2, 0.25) is 0 Å². The van der Waals surface area contributed by atoms with Crippen LogP contribution in [0.2, 0.25) is 0 Å². The third-order valence-corrected chi connectivity index (χ3v) is 3.26. The second-order valence-corrected chi connectivity index (χ2v) is 5.53. The van der Waals surface area contributed by atoms with Gasteiger partial charge in [-0.15, -0.1) is 0 Å². The average molecular weight is 361 g/mol. The molecule has 0 unspecified atom stereocenters. The summed E-state index contributed by atoms with van der Waals surface area (Å²) in [6.07, 6.45) is 7.80. The van der Waals surface area contributed by atoms with Crippen molar-refractivity contribution >= 4 is 28.1 Å². The number of carbonyl (C=O) groups excluding carboxylic acids is 1. The van der Waals surface area contributed by atoms with Crippen LogP contribution in [-0.2, 0) is 11.3 Å². The van der Waals surface area contributed by atoms with Crippen molar-refractivity contribution in [3.63, 3.8) is 0 Å². The smallest absolute Gasteiger partial charge is 0.407 e. The molecule has 1 aromatic carbocycles. The minimum Gasteiger partial charge on any atom is -0.445 e. The van der Waals surface area contributed by atoms with E-state index in [0.29, 0.717) is 6.54 Å². The molecule has 1 aromatic heterocycles. The van der Waals surface area contributed by atoms with E-state index in [2.05, 4.69) is 26.2 Å². The number of pyridine rings is 1. The van der Waals surface area contributed by atoms with Crippen molar-refractivity contribution in [3.05, 3.63) is 70.5 Å². The van der Waals surface area contributed by atoms with Gasteiger partial charge >= 0.3 is 6.09 Å². The molecule has 0 aliphatic rings. The van der Waals surface area contributed by atoms with Gasteiger partial charge in [0.1, 0.15) is 6.61 Å². The maximum atomic E-state index is 11.5. The molecule has 0 aliphatic carbocycles. The van der Waals surface area contributed by atoms with Crippen LogP contribution in [0.3, 0.4) is 0 Å². The van der Waals surface area contributed by atoms with Crippen LogP contribution in [0.1, 0.15) is 17.5 Å². The minimum atomic E-state index is -0.402. The Labute approximate surface area is 138 Å². The zero-order valence-corrected chi connectivity index (χ0v) is 13.6. The number of nitrogens with zero attached hydrogens (tertiary/aromatic N) is 1. The van der Waals surface area contributed by atoms with Gasteiger partial charge in [0.15, 0.2) is 0 Å². The van der Waals surface area contributed by atoms with Crippen molar-refractivity contribution in [1.29, 1.82) is 0 Å². The molecule has 22 heavy (non-hydrogen) atoms. The highest BCUT2D eigenvalue weighted by Gasteiger charge is 2.00. The first-order valence-corrected chi connectivity index (χ1v) is 7.75. The fraction of sp³-hybridized carbons (Fsp3) is 0.176. The second kappa shape index (κ2) is 9.00. The summed E-state index contributed by atoms with van der Waals surface area (Å²) < 4.78 is 6.06. The van der Waals surface area contributed by atoms with Gasteiger partial charge in [-0.25, -0.2) is 4.79 Å². The number of aromatic nitrogens is 1. The monoisotopic (exact) mass is 360 g/mol. The van der Waals surface area contributed by atoms with E-state index in [0.717, 1.165) is 22.0 Å². The summed E-state index contributed by atoms with van der Waals surface area (Å²) in [6, 6.07) is 11.6. The van der Waals surface area contributed by atoms with E-state index in [-0.39, 0.29) is 6.61 Å². The predicted octanol–water partition coefficient (Wildman–Crippen LogP) is 4.17. The SMILES string of the molecule is O=C(NCCC=Cc1cncc(Br)c1)OCc1ccccc1. The lowest BCUT2D eigenvalue weighted by atomic mass is 10.2. The van der Waals surface area contributed by atoms with E-state index in [1.54, 1.807) is 12.4 Å². The third-order valence-electron chi connectivity index (χ3n) is 2.83. The second-order valence-electron chi connectivity index (χ2n) is 4.62. The number of ether oxygens (including phenoxy) is 1. The standard InChI is InChI=1S/C17H17BrN2O2/c18-16-10-15(11-19-12-16)8-4-5-9-20-17(21)22-13-14-6-2-1-3-7-14/h1-4,6-8,10-12H,5,9,13H2,(H,20,21). The number of nitrogens with one attached hydrogen (secondary N) is 1. The van der Waals surface area contributed by atoms with Crippen molar-refractivity contribution in [3.8, 4) is 0 Å². The zero-order chi connectivity index (χ0) is 15.6. The number of benzene rings is 1. The van der Waals surface area contributed by atoms with E-state index in [1.807, 2.05) is 48.6 Å². The van der Waals surface area contributed by atoms with Crippen LogP contribution in [0.15, 0.2) is 59.3 Å². The van der Waals surface area contributed by atoms with Gasteiger partial charge in [-0.1, -0.05) is 42.5 Å². The summed E-state index contributed by atoms with van der Waals surface area (Å²) in [5, 5.41) is 2.71. The maximum Gasteiger partial charge on any atom is 0.407 e. The highest BCUT2D eigenvalue weighted by molar-refractivity contribution is 9.10. The molecule has 1 heterocycles. The summed E-state index contributed by atoms with van der Waals surface area (Å²) in [5.74, 6) is 0. The van der Waals surface area contributed by atoms with Crippen molar-refractivity contribution < 1.29 is 9.53 Å². The normalized spacial score (nSPS) is 10.6. The molecular weight excluding hydrogens is 344 g/mol. The Morgan fingerprint density at radius 2 is 2.09 bits per heavy atom. The van der Waals surface area contributed by atoms with Crippen LogP contribution in [0.5, 0.6) is 0 Å². The van der Waals surface area contributed by atoms with Crippen LogP contribution < -0.4 is 5.32 Å². The number of hydrogen-bond donors (Lipinski definition) is 1. The predicted molar refractivity (Wildman–Crippen MR) is 90.2 cm³/mol. The molecule has 0 saturated heterocycles. The van der Waals surface area contributed by atoms with Gasteiger partial charge in [-0.05, 0) is 39.5 Å². The molecule has 5 heteroatoms. The lowest BCUT2D eigenvalue weighted by Crippen LogP contribution is -2.24.